The Balaban J connectivity index is 2.01. The molecule has 0 saturated carbocycles. The molecule has 1 aliphatic heterocycles. The highest BCUT2D eigenvalue weighted by molar-refractivity contribution is 7.13. The first-order valence-electron chi connectivity index (χ1n) is 6.56. The minimum Gasteiger partial charge on any atom is -0.510 e. The van der Waals surface area contributed by atoms with Gasteiger partial charge in [0.2, 0.25) is 0 Å². The van der Waals surface area contributed by atoms with E-state index in [4.69, 9.17) is 5.41 Å². The SMILES string of the molecule is Cc1nc(C2=C(O)CN(c3cc(F)ccc3F)C2=N)sc1C. The fraction of sp³-hybridized carbons (Fsp3) is 0.200. The van der Waals surface area contributed by atoms with Gasteiger partial charge in [-0.15, -0.1) is 11.3 Å². The Morgan fingerprint density at radius 1 is 1.32 bits per heavy atom. The fourth-order valence-electron chi connectivity index (χ4n) is 2.28. The Kier molecular flexibility index (Phi) is 3.44. The largest absolute Gasteiger partial charge is 0.510 e. The molecular weight excluding hydrogens is 308 g/mol. The Bertz CT molecular complexity index is 794. The highest BCUT2D eigenvalue weighted by Crippen LogP contribution is 2.34. The lowest BCUT2D eigenvalue weighted by atomic mass is 10.2. The molecule has 0 spiro atoms. The Labute approximate surface area is 129 Å². The monoisotopic (exact) mass is 321 g/mol. The van der Waals surface area contributed by atoms with E-state index in [1.807, 2.05) is 13.8 Å². The van der Waals surface area contributed by atoms with E-state index in [1.54, 1.807) is 0 Å². The second-order valence-electron chi connectivity index (χ2n) is 5.01. The zero-order chi connectivity index (χ0) is 16.0. The summed E-state index contributed by atoms with van der Waals surface area (Å²) in [6, 6.07) is 3.03. The highest BCUT2D eigenvalue weighted by Gasteiger charge is 2.32. The maximum absolute atomic E-state index is 13.9. The number of aliphatic hydroxyl groups is 1. The van der Waals surface area contributed by atoms with Crippen LogP contribution < -0.4 is 4.90 Å². The van der Waals surface area contributed by atoms with Crippen molar-refractivity contribution >= 4 is 28.4 Å². The van der Waals surface area contributed by atoms with Crippen LogP contribution in [0, 0.1) is 30.9 Å². The van der Waals surface area contributed by atoms with Gasteiger partial charge in [0, 0.05) is 10.9 Å². The molecule has 2 aromatic rings. The third-order valence-corrected chi connectivity index (χ3v) is 4.63. The quantitative estimate of drug-likeness (QED) is 0.884. The van der Waals surface area contributed by atoms with Gasteiger partial charge in [-0.05, 0) is 26.0 Å². The van der Waals surface area contributed by atoms with Crippen LogP contribution in [0.3, 0.4) is 0 Å². The van der Waals surface area contributed by atoms with E-state index < -0.39 is 11.6 Å². The van der Waals surface area contributed by atoms with Crippen molar-refractivity contribution in [2.24, 2.45) is 0 Å². The average Bonchev–Trinajstić information content (AvgIpc) is 2.93. The first-order valence-corrected chi connectivity index (χ1v) is 7.38. The van der Waals surface area contributed by atoms with E-state index in [9.17, 15) is 13.9 Å². The summed E-state index contributed by atoms with van der Waals surface area (Å²) >= 11 is 1.36. The number of rotatable bonds is 2. The molecule has 0 atom stereocenters. The standard InChI is InChI=1S/C15H13F2N3OS/c1-7-8(2)22-15(19-7)13-12(21)6-20(14(13)18)11-5-9(16)3-4-10(11)17/h3-5,18,21H,6H2,1-2H3. The van der Waals surface area contributed by atoms with Crippen LogP contribution in [0.1, 0.15) is 15.6 Å². The van der Waals surface area contributed by atoms with Gasteiger partial charge in [-0.1, -0.05) is 0 Å². The van der Waals surface area contributed by atoms with E-state index in [-0.39, 0.29) is 29.4 Å². The minimum absolute atomic E-state index is 0.0672. The molecule has 0 unspecified atom stereocenters. The second-order valence-corrected chi connectivity index (χ2v) is 6.22. The smallest absolute Gasteiger partial charge is 0.147 e. The van der Waals surface area contributed by atoms with Crippen molar-refractivity contribution in [1.82, 2.24) is 4.98 Å². The molecule has 0 saturated heterocycles. The summed E-state index contributed by atoms with van der Waals surface area (Å²) < 4.78 is 27.3. The molecule has 1 aromatic heterocycles. The summed E-state index contributed by atoms with van der Waals surface area (Å²) in [7, 11) is 0. The summed E-state index contributed by atoms with van der Waals surface area (Å²) in [5, 5.41) is 18.9. The molecule has 7 heteroatoms. The van der Waals surface area contributed by atoms with Crippen molar-refractivity contribution in [2.45, 2.75) is 13.8 Å². The van der Waals surface area contributed by atoms with Crippen molar-refractivity contribution < 1.29 is 13.9 Å². The number of thiazole rings is 1. The van der Waals surface area contributed by atoms with Gasteiger partial charge in [-0.3, -0.25) is 5.41 Å². The van der Waals surface area contributed by atoms with E-state index in [2.05, 4.69) is 4.98 Å². The summed E-state index contributed by atoms with van der Waals surface area (Å²) in [5.41, 5.74) is 1.02. The number of nitrogens with one attached hydrogen (secondary N) is 1. The molecule has 0 bridgehead atoms. The van der Waals surface area contributed by atoms with Gasteiger partial charge in [-0.25, -0.2) is 13.8 Å². The Morgan fingerprint density at radius 3 is 2.68 bits per heavy atom. The predicted octanol–water partition coefficient (Wildman–Crippen LogP) is 3.80. The molecule has 0 aliphatic carbocycles. The van der Waals surface area contributed by atoms with Gasteiger partial charge >= 0.3 is 0 Å². The van der Waals surface area contributed by atoms with Crippen molar-refractivity contribution in [3.63, 3.8) is 0 Å². The minimum atomic E-state index is -0.647. The van der Waals surface area contributed by atoms with E-state index >= 15 is 0 Å². The van der Waals surface area contributed by atoms with Crippen LogP contribution in [0.15, 0.2) is 24.0 Å². The van der Waals surface area contributed by atoms with E-state index in [0.29, 0.717) is 5.01 Å². The summed E-state index contributed by atoms with van der Waals surface area (Å²) in [4.78, 5) is 6.54. The number of aliphatic hydroxyl groups excluding tert-OH is 1. The summed E-state index contributed by atoms with van der Waals surface area (Å²) in [5.74, 6) is -1.40. The fourth-order valence-corrected chi connectivity index (χ4v) is 3.26. The average molecular weight is 321 g/mol. The highest BCUT2D eigenvalue weighted by atomic mass is 32.1. The molecule has 3 rings (SSSR count). The van der Waals surface area contributed by atoms with Crippen LogP contribution in [0.25, 0.3) is 5.57 Å². The van der Waals surface area contributed by atoms with E-state index in [0.717, 1.165) is 28.8 Å². The molecule has 114 valence electrons. The maximum atomic E-state index is 13.9. The first-order chi connectivity index (χ1) is 10.4. The first kappa shape index (κ1) is 14.6. The lowest BCUT2D eigenvalue weighted by molar-refractivity contribution is 0.411. The van der Waals surface area contributed by atoms with Crippen molar-refractivity contribution in [1.29, 1.82) is 5.41 Å². The Hall–Kier alpha value is -2.28. The number of benzene rings is 1. The van der Waals surface area contributed by atoms with Crippen LogP contribution in [-0.2, 0) is 0 Å². The van der Waals surface area contributed by atoms with Crippen LogP contribution in [-0.4, -0.2) is 22.5 Å². The van der Waals surface area contributed by atoms with Crippen LogP contribution in [0.2, 0.25) is 0 Å². The zero-order valence-corrected chi connectivity index (χ0v) is 12.8. The van der Waals surface area contributed by atoms with Gasteiger partial charge in [0.1, 0.15) is 28.2 Å². The van der Waals surface area contributed by atoms with Crippen molar-refractivity contribution in [2.75, 3.05) is 11.4 Å². The number of hydrogen-bond acceptors (Lipinski definition) is 4. The van der Waals surface area contributed by atoms with Gasteiger partial charge in [0.25, 0.3) is 0 Å². The molecule has 0 radical (unpaired) electrons. The number of nitrogens with zero attached hydrogens (tertiary/aromatic N) is 2. The molecule has 2 heterocycles. The molecule has 0 fully saturated rings. The summed E-state index contributed by atoms with van der Waals surface area (Å²) in [6.45, 7) is 3.67. The van der Waals surface area contributed by atoms with Gasteiger partial charge in [-0.2, -0.15) is 0 Å². The number of anilines is 1. The molecule has 2 N–H and O–H groups in total. The molecule has 22 heavy (non-hydrogen) atoms. The topological polar surface area (TPSA) is 60.2 Å². The molecular formula is C15H13F2N3OS. The third-order valence-electron chi connectivity index (χ3n) is 3.54. The van der Waals surface area contributed by atoms with Crippen molar-refractivity contribution in [3.05, 3.63) is 51.2 Å². The summed E-state index contributed by atoms with van der Waals surface area (Å²) in [6.07, 6.45) is 0. The van der Waals surface area contributed by atoms with E-state index in [1.165, 1.54) is 16.2 Å². The second kappa shape index (κ2) is 5.17. The number of halogens is 2. The Morgan fingerprint density at radius 2 is 2.05 bits per heavy atom. The van der Waals surface area contributed by atoms with Crippen LogP contribution in [0.4, 0.5) is 14.5 Å². The normalized spacial score (nSPS) is 15.1. The van der Waals surface area contributed by atoms with Crippen molar-refractivity contribution in [3.8, 4) is 0 Å². The molecule has 1 aromatic carbocycles. The van der Waals surface area contributed by atoms with Gasteiger partial charge in [0.05, 0.1) is 23.5 Å². The lowest BCUT2D eigenvalue weighted by Gasteiger charge is -2.19. The van der Waals surface area contributed by atoms with Crippen LogP contribution in [0.5, 0.6) is 0 Å². The van der Waals surface area contributed by atoms with Gasteiger partial charge in [0.15, 0.2) is 0 Å². The molecule has 1 aliphatic rings. The number of amidine groups is 1. The number of hydrogen-bond donors (Lipinski definition) is 2. The van der Waals surface area contributed by atoms with Gasteiger partial charge < -0.3 is 10.0 Å². The molecule has 0 amide bonds. The predicted molar refractivity (Wildman–Crippen MR) is 82.6 cm³/mol. The number of aromatic nitrogens is 1. The third kappa shape index (κ3) is 2.27. The zero-order valence-electron chi connectivity index (χ0n) is 11.9. The lowest BCUT2D eigenvalue weighted by Crippen LogP contribution is -2.27. The molecule has 4 nitrogen and oxygen atoms in total. The van der Waals surface area contributed by atoms with Crippen LogP contribution >= 0.6 is 11.3 Å². The maximum Gasteiger partial charge on any atom is 0.147 e. The number of aryl methyl sites for hydroxylation is 2.